The van der Waals surface area contributed by atoms with Crippen LogP contribution < -0.4 is 5.32 Å². The van der Waals surface area contributed by atoms with E-state index in [2.05, 4.69) is 12.2 Å². The van der Waals surface area contributed by atoms with Crippen molar-refractivity contribution in [3.05, 3.63) is 0 Å². The highest BCUT2D eigenvalue weighted by Crippen LogP contribution is 2.40. The number of aliphatic carboxylic acids is 1. The Kier molecular flexibility index (Phi) is 5.63. The molecule has 0 aliphatic heterocycles. The zero-order chi connectivity index (χ0) is 13.6. The van der Waals surface area contributed by atoms with Crippen molar-refractivity contribution in [3.63, 3.8) is 0 Å². The predicted molar refractivity (Wildman–Crippen MR) is 70.2 cm³/mol. The van der Waals surface area contributed by atoms with Crippen LogP contribution in [0, 0.1) is 11.3 Å². The fourth-order valence-corrected chi connectivity index (χ4v) is 2.44. The van der Waals surface area contributed by atoms with Crippen molar-refractivity contribution in [2.75, 3.05) is 6.54 Å². The second-order valence-corrected chi connectivity index (χ2v) is 5.40. The minimum atomic E-state index is -0.768. The molecule has 0 saturated heterocycles. The standard InChI is InChI=1S/C14H25NO3/c1-3-5-7-11(4-2)12(16)15-10-14(13(17)18)8-6-9-14/h11H,3-10H2,1-2H3,(H,15,16)(H,17,18). The van der Waals surface area contributed by atoms with E-state index < -0.39 is 11.4 Å². The van der Waals surface area contributed by atoms with E-state index in [4.69, 9.17) is 0 Å². The van der Waals surface area contributed by atoms with Crippen molar-refractivity contribution < 1.29 is 14.7 Å². The molecule has 1 fully saturated rings. The molecule has 0 aromatic rings. The molecule has 4 nitrogen and oxygen atoms in total. The minimum Gasteiger partial charge on any atom is -0.481 e. The summed E-state index contributed by atoms with van der Waals surface area (Å²) < 4.78 is 0. The van der Waals surface area contributed by atoms with Crippen LogP contribution in [0.2, 0.25) is 0 Å². The van der Waals surface area contributed by atoms with Crippen molar-refractivity contribution >= 4 is 11.9 Å². The second kappa shape index (κ2) is 6.76. The Bertz CT molecular complexity index is 297. The normalized spacial score (nSPS) is 18.8. The summed E-state index contributed by atoms with van der Waals surface area (Å²) in [6.07, 6.45) is 6.20. The Labute approximate surface area is 109 Å². The zero-order valence-corrected chi connectivity index (χ0v) is 11.5. The van der Waals surface area contributed by atoms with Gasteiger partial charge in [0.05, 0.1) is 5.41 Å². The highest BCUT2D eigenvalue weighted by Gasteiger charge is 2.44. The Morgan fingerprint density at radius 2 is 2.00 bits per heavy atom. The monoisotopic (exact) mass is 255 g/mol. The SMILES string of the molecule is CCCCC(CC)C(=O)NCC1(C(=O)O)CCC1. The number of carboxylic acids is 1. The van der Waals surface area contributed by atoms with Crippen LogP contribution in [-0.4, -0.2) is 23.5 Å². The van der Waals surface area contributed by atoms with Crippen molar-refractivity contribution in [1.29, 1.82) is 0 Å². The molecular weight excluding hydrogens is 230 g/mol. The van der Waals surface area contributed by atoms with E-state index in [1.54, 1.807) is 0 Å². The van der Waals surface area contributed by atoms with Gasteiger partial charge < -0.3 is 10.4 Å². The van der Waals surface area contributed by atoms with Crippen molar-refractivity contribution in [3.8, 4) is 0 Å². The van der Waals surface area contributed by atoms with Crippen LogP contribution in [0.3, 0.4) is 0 Å². The minimum absolute atomic E-state index is 0.0264. The van der Waals surface area contributed by atoms with Crippen molar-refractivity contribution in [2.24, 2.45) is 11.3 Å². The number of amides is 1. The molecule has 104 valence electrons. The lowest BCUT2D eigenvalue weighted by molar-refractivity contribution is -0.154. The van der Waals surface area contributed by atoms with Gasteiger partial charge in [-0.2, -0.15) is 0 Å². The summed E-state index contributed by atoms with van der Waals surface area (Å²) in [5.41, 5.74) is -0.682. The smallest absolute Gasteiger partial charge is 0.311 e. The number of rotatable bonds is 8. The molecule has 4 heteroatoms. The molecule has 1 atom stereocenters. The maximum Gasteiger partial charge on any atom is 0.311 e. The van der Waals surface area contributed by atoms with Gasteiger partial charge in [-0.05, 0) is 25.7 Å². The van der Waals surface area contributed by atoms with Crippen LogP contribution in [0.4, 0.5) is 0 Å². The number of carbonyl (C=O) groups is 2. The fourth-order valence-electron chi connectivity index (χ4n) is 2.44. The van der Waals surface area contributed by atoms with Gasteiger partial charge in [0.15, 0.2) is 0 Å². The highest BCUT2D eigenvalue weighted by atomic mass is 16.4. The van der Waals surface area contributed by atoms with E-state index in [0.29, 0.717) is 19.4 Å². The first kappa shape index (κ1) is 15.0. The molecule has 1 aliphatic rings. The number of carbonyl (C=O) groups excluding carboxylic acids is 1. The number of hydrogen-bond donors (Lipinski definition) is 2. The van der Waals surface area contributed by atoms with E-state index >= 15 is 0 Å². The zero-order valence-electron chi connectivity index (χ0n) is 11.5. The molecule has 1 aliphatic carbocycles. The highest BCUT2D eigenvalue weighted by molar-refractivity contribution is 5.81. The molecule has 0 aromatic carbocycles. The van der Waals surface area contributed by atoms with Gasteiger partial charge in [-0.3, -0.25) is 9.59 Å². The lowest BCUT2D eigenvalue weighted by Gasteiger charge is -2.37. The van der Waals surface area contributed by atoms with Gasteiger partial charge in [-0.1, -0.05) is 33.1 Å². The number of carboxylic acid groups (broad SMARTS) is 1. The van der Waals surface area contributed by atoms with Gasteiger partial charge in [0.25, 0.3) is 0 Å². The first-order valence-corrected chi connectivity index (χ1v) is 7.07. The van der Waals surface area contributed by atoms with E-state index in [1.807, 2.05) is 6.92 Å². The van der Waals surface area contributed by atoms with E-state index in [0.717, 1.165) is 32.1 Å². The van der Waals surface area contributed by atoms with E-state index in [-0.39, 0.29) is 11.8 Å². The molecule has 0 heterocycles. The molecular formula is C14H25NO3. The van der Waals surface area contributed by atoms with Gasteiger partial charge in [0.2, 0.25) is 5.91 Å². The molecule has 1 rings (SSSR count). The second-order valence-electron chi connectivity index (χ2n) is 5.40. The van der Waals surface area contributed by atoms with Gasteiger partial charge in [0.1, 0.15) is 0 Å². The number of hydrogen-bond acceptors (Lipinski definition) is 2. The van der Waals surface area contributed by atoms with E-state index in [1.165, 1.54) is 0 Å². The lowest BCUT2D eigenvalue weighted by atomic mass is 9.68. The summed E-state index contributed by atoms with van der Waals surface area (Å²) in [4.78, 5) is 23.2. The first-order valence-electron chi connectivity index (χ1n) is 7.07. The molecule has 0 radical (unpaired) electrons. The van der Waals surface area contributed by atoms with Gasteiger partial charge in [-0.15, -0.1) is 0 Å². The van der Waals surface area contributed by atoms with Crippen LogP contribution >= 0.6 is 0 Å². The quantitative estimate of drug-likeness (QED) is 0.700. The van der Waals surface area contributed by atoms with Gasteiger partial charge in [-0.25, -0.2) is 0 Å². The Morgan fingerprint density at radius 1 is 1.33 bits per heavy atom. The fraction of sp³-hybridized carbons (Fsp3) is 0.857. The molecule has 2 N–H and O–H groups in total. The van der Waals surface area contributed by atoms with Gasteiger partial charge in [0, 0.05) is 12.5 Å². The van der Waals surface area contributed by atoms with Crippen LogP contribution in [0.25, 0.3) is 0 Å². The summed E-state index contributed by atoms with van der Waals surface area (Å²) in [5, 5.41) is 12.0. The Morgan fingerprint density at radius 3 is 2.39 bits per heavy atom. The molecule has 1 amide bonds. The summed E-state index contributed by atoms with van der Waals surface area (Å²) in [6, 6.07) is 0. The van der Waals surface area contributed by atoms with Crippen LogP contribution in [-0.2, 0) is 9.59 Å². The van der Waals surface area contributed by atoms with Crippen molar-refractivity contribution in [1.82, 2.24) is 5.32 Å². The molecule has 0 spiro atoms. The number of nitrogens with one attached hydrogen (secondary N) is 1. The van der Waals surface area contributed by atoms with Crippen LogP contribution in [0.15, 0.2) is 0 Å². The third-order valence-corrected chi connectivity index (χ3v) is 4.14. The van der Waals surface area contributed by atoms with Crippen LogP contribution in [0.1, 0.15) is 58.8 Å². The third kappa shape index (κ3) is 3.47. The molecule has 1 saturated carbocycles. The van der Waals surface area contributed by atoms with Gasteiger partial charge >= 0.3 is 5.97 Å². The molecule has 0 bridgehead atoms. The summed E-state index contributed by atoms with van der Waals surface area (Å²) in [6.45, 7) is 4.42. The average molecular weight is 255 g/mol. The molecule has 18 heavy (non-hydrogen) atoms. The van der Waals surface area contributed by atoms with Crippen LogP contribution in [0.5, 0.6) is 0 Å². The maximum atomic E-state index is 12.0. The maximum absolute atomic E-state index is 12.0. The lowest BCUT2D eigenvalue weighted by Crippen LogP contribution is -2.48. The first-order chi connectivity index (χ1) is 8.55. The topological polar surface area (TPSA) is 66.4 Å². The largest absolute Gasteiger partial charge is 0.481 e. The molecule has 1 unspecified atom stereocenters. The summed E-state index contributed by atoms with van der Waals surface area (Å²) in [7, 11) is 0. The molecule has 0 aromatic heterocycles. The van der Waals surface area contributed by atoms with Crippen molar-refractivity contribution in [2.45, 2.75) is 58.8 Å². The third-order valence-electron chi connectivity index (χ3n) is 4.14. The number of unbranched alkanes of at least 4 members (excludes halogenated alkanes) is 1. The average Bonchev–Trinajstić information content (AvgIpc) is 2.28. The predicted octanol–water partition coefficient (Wildman–Crippen LogP) is 2.57. The summed E-state index contributed by atoms with van der Waals surface area (Å²) in [5.74, 6) is -0.704. The van der Waals surface area contributed by atoms with E-state index in [9.17, 15) is 14.7 Å². The Balaban J connectivity index is 2.41. The Hall–Kier alpha value is -1.06. The summed E-state index contributed by atoms with van der Waals surface area (Å²) >= 11 is 0.